The average Bonchev–Trinajstić information content (AvgIpc) is 3.08. The van der Waals surface area contributed by atoms with E-state index in [4.69, 9.17) is 9.15 Å². The number of benzene rings is 3. The molecule has 3 aromatic carbocycles. The molecular weight excluding hydrogens is 338 g/mol. The maximum atomic E-state index is 11.5. The quantitative estimate of drug-likeness (QED) is 0.451. The van der Waals surface area contributed by atoms with Crippen LogP contribution in [-0.2, 0) is 22.4 Å². The molecule has 0 aliphatic heterocycles. The minimum Gasteiger partial charge on any atom is -0.466 e. The highest BCUT2D eigenvalue weighted by molar-refractivity contribution is 5.83. The van der Waals surface area contributed by atoms with E-state index < -0.39 is 0 Å². The summed E-state index contributed by atoms with van der Waals surface area (Å²) < 4.78 is 10.9. The van der Waals surface area contributed by atoms with Crippen molar-refractivity contribution in [3.63, 3.8) is 0 Å². The van der Waals surface area contributed by atoms with Gasteiger partial charge in [-0.25, -0.2) is 4.98 Å². The molecule has 0 fully saturated rings. The van der Waals surface area contributed by atoms with Gasteiger partial charge in [0.05, 0.1) is 6.61 Å². The van der Waals surface area contributed by atoms with Crippen LogP contribution in [0.5, 0.6) is 0 Å². The Morgan fingerprint density at radius 2 is 1.81 bits per heavy atom. The molecule has 0 saturated heterocycles. The summed E-state index contributed by atoms with van der Waals surface area (Å²) in [5.74, 6) is 0.526. The summed E-state index contributed by atoms with van der Waals surface area (Å²) >= 11 is 0. The van der Waals surface area contributed by atoms with E-state index in [2.05, 4.69) is 35.3 Å². The molecule has 4 heteroatoms. The molecule has 1 heterocycles. The van der Waals surface area contributed by atoms with E-state index in [1.54, 1.807) is 0 Å². The van der Waals surface area contributed by atoms with Crippen LogP contribution in [0, 0.1) is 0 Å². The lowest BCUT2D eigenvalue weighted by molar-refractivity contribution is -0.143. The van der Waals surface area contributed by atoms with Crippen LogP contribution in [0.2, 0.25) is 0 Å². The second-order valence-electron chi connectivity index (χ2n) is 6.57. The number of hydrogen-bond acceptors (Lipinski definition) is 4. The van der Waals surface area contributed by atoms with Crippen molar-refractivity contribution < 1.29 is 13.9 Å². The molecule has 0 aliphatic rings. The van der Waals surface area contributed by atoms with Crippen LogP contribution < -0.4 is 0 Å². The Kier molecular flexibility index (Phi) is 4.88. The second-order valence-corrected chi connectivity index (χ2v) is 6.57. The first kappa shape index (κ1) is 17.3. The van der Waals surface area contributed by atoms with Crippen molar-refractivity contribution in [1.29, 1.82) is 0 Å². The molecule has 0 radical (unpaired) electrons. The van der Waals surface area contributed by atoms with Gasteiger partial charge in [0.15, 0.2) is 11.5 Å². The van der Waals surface area contributed by atoms with Crippen LogP contribution >= 0.6 is 0 Å². The first-order valence-corrected chi connectivity index (χ1v) is 9.23. The highest BCUT2D eigenvalue weighted by Crippen LogP contribution is 2.22. The molecule has 27 heavy (non-hydrogen) atoms. The number of aryl methyl sites for hydroxylation is 1. The number of carbonyl (C=O) groups excluding carboxylic acids is 1. The summed E-state index contributed by atoms with van der Waals surface area (Å²) in [5.41, 5.74) is 3.82. The topological polar surface area (TPSA) is 52.3 Å². The minimum absolute atomic E-state index is 0.172. The van der Waals surface area contributed by atoms with E-state index in [9.17, 15) is 4.79 Å². The van der Waals surface area contributed by atoms with Gasteiger partial charge in [0.1, 0.15) is 5.52 Å². The monoisotopic (exact) mass is 359 g/mol. The Bertz CT molecular complexity index is 1100. The number of rotatable bonds is 6. The van der Waals surface area contributed by atoms with Crippen molar-refractivity contribution in [2.75, 3.05) is 6.61 Å². The van der Waals surface area contributed by atoms with Crippen LogP contribution in [0.4, 0.5) is 0 Å². The molecule has 1 aromatic heterocycles. The SMILES string of the molecule is CCOC(=O)CCc1ccc2oc(Cc3ccc4ccccc4c3)nc2c1. The van der Waals surface area contributed by atoms with Crippen molar-refractivity contribution in [3.8, 4) is 0 Å². The normalized spacial score (nSPS) is 11.1. The van der Waals surface area contributed by atoms with E-state index in [1.165, 1.54) is 16.3 Å². The van der Waals surface area contributed by atoms with Gasteiger partial charge in [0.25, 0.3) is 0 Å². The van der Waals surface area contributed by atoms with Gasteiger partial charge < -0.3 is 9.15 Å². The van der Waals surface area contributed by atoms with Gasteiger partial charge in [-0.2, -0.15) is 0 Å². The summed E-state index contributed by atoms with van der Waals surface area (Å²) in [4.78, 5) is 16.2. The van der Waals surface area contributed by atoms with E-state index in [-0.39, 0.29) is 5.97 Å². The number of fused-ring (bicyclic) bond motifs is 2. The fourth-order valence-electron chi connectivity index (χ4n) is 3.25. The fraction of sp³-hybridized carbons (Fsp3) is 0.217. The molecular formula is C23H21NO3. The first-order chi connectivity index (χ1) is 13.2. The van der Waals surface area contributed by atoms with Crippen LogP contribution in [0.15, 0.2) is 65.1 Å². The Morgan fingerprint density at radius 3 is 2.67 bits per heavy atom. The fourth-order valence-corrected chi connectivity index (χ4v) is 3.25. The molecule has 0 amide bonds. The Morgan fingerprint density at radius 1 is 1.00 bits per heavy atom. The van der Waals surface area contributed by atoms with E-state index in [0.717, 1.165) is 16.7 Å². The van der Waals surface area contributed by atoms with Crippen LogP contribution in [0.1, 0.15) is 30.4 Å². The molecule has 4 nitrogen and oxygen atoms in total. The molecule has 136 valence electrons. The average molecular weight is 359 g/mol. The molecule has 0 aliphatic carbocycles. The molecule has 0 bridgehead atoms. The number of aromatic nitrogens is 1. The Labute approximate surface area is 157 Å². The van der Waals surface area contributed by atoms with E-state index in [1.807, 2.05) is 37.3 Å². The first-order valence-electron chi connectivity index (χ1n) is 9.23. The predicted molar refractivity (Wildman–Crippen MR) is 106 cm³/mol. The minimum atomic E-state index is -0.172. The zero-order chi connectivity index (χ0) is 18.6. The Balaban J connectivity index is 1.51. The van der Waals surface area contributed by atoms with E-state index in [0.29, 0.717) is 31.8 Å². The third-order valence-corrected chi connectivity index (χ3v) is 4.59. The van der Waals surface area contributed by atoms with Crippen LogP contribution in [-0.4, -0.2) is 17.6 Å². The third kappa shape index (κ3) is 4.00. The van der Waals surface area contributed by atoms with Crippen LogP contribution in [0.25, 0.3) is 21.9 Å². The summed E-state index contributed by atoms with van der Waals surface area (Å²) in [5, 5.41) is 2.44. The van der Waals surface area contributed by atoms with Gasteiger partial charge >= 0.3 is 5.97 Å². The molecule has 4 aromatic rings. The number of hydrogen-bond donors (Lipinski definition) is 0. The van der Waals surface area contributed by atoms with Crippen molar-refractivity contribution in [1.82, 2.24) is 4.98 Å². The highest BCUT2D eigenvalue weighted by Gasteiger charge is 2.09. The van der Waals surface area contributed by atoms with Crippen molar-refractivity contribution >= 4 is 27.8 Å². The van der Waals surface area contributed by atoms with Gasteiger partial charge in [-0.3, -0.25) is 4.79 Å². The second kappa shape index (κ2) is 7.62. The molecule has 0 spiro atoms. The predicted octanol–water partition coefficient (Wildman–Crippen LogP) is 5.07. The molecule has 0 saturated carbocycles. The van der Waals surface area contributed by atoms with Crippen LogP contribution in [0.3, 0.4) is 0 Å². The summed E-state index contributed by atoms with van der Waals surface area (Å²) in [6.45, 7) is 2.23. The number of oxazole rings is 1. The van der Waals surface area contributed by atoms with Gasteiger partial charge in [0.2, 0.25) is 0 Å². The lowest BCUT2D eigenvalue weighted by Gasteiger charge is -2.01. The van der Waals surface area contributed by atoms with Crippen molar-refractivity contribution in [3.05, 3.63) is 77.7 Å². The van der Waals surface area contributed by atoms with Gasteiger partial charge in [-0.05, 0) is 47.4 Å². The number of esters is 1. The van der Waals surface area contributed by atoms with Gasteiger partial charge in [0, 0.05) is 12.8 Å². The molecule has 0 unspecified atom stereocenters. The maximum Gasteiger partial charge on any atom is 0.306 e. The molecule has 0 atom stereocenters. The lowest BCUT2D eigenvalue weighted by atomic mass is 10.1. The van der Waals surface area contributed by atoms with Gasteiger partial charge in [-0.1, -0.05) is 48.5 Å². The van der Waals surface area contributed by atoms with Crippen molar-refractivity contribution in [2.45, 2.75) is 26.2 Å². The number of carbonyl (C=O) groups is 1. The maximum absolute atomic E-state index is 11.5. The zero-order valence-electron chi connectivity index (χ0n) is 15.3. The van der Waals surface area contributed by atoms with E-state index >= 15 is 0 Å². The number of nitrogens with zero attached hydrogens (tertiary/aromatic N) is 1. The number of ether oxygens (including phenoxy) is 1. The smallest absolute Gasteiger partial charge is 0.306 e. The summed E-state index contributed by atoms with van der Waals surface area (Å²) in [6.07, 6.45) is 1.67. The zero-order valence-corrected chi connectivity index (χ0v) is 15.3. The highest BCUT2D eigenvalue weighted by atomic mass is 16.5. The third-order valence-electron chi connectivity index (χ3n) is 4.59. The van der Waals surface area contributed by atoms with Crippen molar-refractivity contribution in [2.24, 2.45) is 0 Å². The summed E-state index contributed by atoms with van der Waals surface area (Å²) in [7, 11) is 0. The standard InChI is InChI=1S/C23H21NO3/c1-2-26-23(25)12-9-16-8-11-21-20(14-16)24-22(27-21)15-17-7-10-18-5-3-4-6-19(18)13-17/h3-8,10-11,13-14H,2,9,12,15H2,1H3. The lowest BCUT2D eigenvalue weighted by Crippen LogP contribution is -2.05. The van der Waals surface area contributed by atoms with Gasteiger partial charge in [-0.15, -0.1) is 0 Å². The Hall–Kier alpha value is -3.14. The molecule has 4 rings (SSSR count). The molecule has 0 N–H and O–H groups in total. The largest absolute Gasteiger partial charge is 0.466 e. The summed E-state index contributed by atoms with van der Waals surface area (Å²) in [6, 6.07) is 20.6.